The number of likely N-dealkylation sites (tertiary alicyclic amines) is 1. The molecule has 2 aliphatic heterocycles. The first-order valence-corrected chi connectivity index (χ1v) is 15.4. The Hall–Kier alpha value is -4.21. The highest BCUT2D eigenvalue weighted by atomic mass is 35.5. The van der Waals surface area contributed by atoms with Crippen LogP contribution < -0.4 is 4.74 Å². The topological polar surface area (TPSA) is 107 Å². The van der Waals surface area contributed by atoms with E-state index >= 15 is 0 Å². The van der Waals surface area contributed by atoms with E-state index in [1.54, 1.807) is 24.3 Å². The molecule has 2 aliphatic rings. The summed E-state index contributed by atoms with van der Waals surface area (Å²) in [5, 5.41) is 15.4. The minimum absolute atomic E-state index is 0.00746. The summed E-state index contributed by atoms with van der Waals surface area (Å²) < 4.78 is 81.2. The first-order chi connectivity index (χ1) is 22.6. The number of benzene rings is 2. The molecule has 2 aromatic carbocycles. The van der Waals surface area contributed by atoms with Crippen LogP contribution in [0.4, 0.5) is 22.0 Å². The molecule has 3 aromatic heterocycles. The number of fused-ring (bicyclic) bond motifs is 1. The lowest BCUT2D eigenvalue weighted by Gasteiger charge is -2.32. The summed E-state index contributed by atoms with van der Waals surface area (Å²) in [4.78, 5) is 9.22. The number of halogens is 6. The Kier molecular flexibility index (Phi) is 8.53. The van der Waals surface area contributed by atoms with Gasteiger partial charge >= 0.3 is 6.18 Å². The van der Waals surface area contributed by atoms with Gasteiger partial charge < -0.3 is 19.0 Å². The Morgan fingerprint density at radius 3 is 2.47 bits per heavy atom. The van der Waals surface area contributed by atoms with Gasteiger partial charge in [-0.3, -0.25) is 4.90 Å². The summed E-state index contributed by atoms with van der Waals surface area (Å²) in [7, 11) is 0. The molecule has 16 heteroatoms. The van der Waals surface area contributed by atoms with Crippen LogP contribution >= 0.6 is 11.6 Å². The van der Waals surface area contributed by atoms with E-state index in [1.165, 1.54) is 18.2 Å². The molecule has 0 amide bonds. The Morgan fingerprint density at radius 2 is 1.77 bits per heavy atom. The number of nitrogens with zero attached hydrogens (tertiary/aromatic N) is 7. The van der Waals surface area contributed by atoms with Crippen molar-refractivity contribution < 1.29 is 31.4 Å². The number of rotatable bonds is 9. The first kappa shape index (κ1) is 31.4. The third kappa shape index (κ3) is 6.78. The number of piperidine rings is 1. The fourth-order valence-electron chi connectivity index (χ4n) is 5.84. The van der Waals surface area contributed by atoms with Gasteiger partial charge in [-0.25, -0.2) is 13.8 Å². The molecular weight excluding hydrogens is 647 g/mol. The molecule has 2 fully saturated rings. The van der Waals surface area contributed by atoms with Crippen molar-refractivity contribution in [3.63, 3.8) is 0 Å². The molecule has 1 unspecified atom stereocenters. The number of aromatic amines is 1. The van der Waals surface area contributed by atoms with Gasteiger partial charge in [-0.2, -0.15) is 13.2 Å². The first-order valence-electron chi connectivity index (χ1n) is 15.0. The second-order valence-electron chi connectivity index (χ2n) is 11.6. The molecule has 2 saturated heterocycles. The maximum absolute atomic E-state index is 14.6. The lowest BCUT2D eigenvalue weighted by atomic mass is 9.89. The number of aromatic nitrogens is 7. The largest absolute Gasteiger partial charge is 0.486 e. The molecule has 1 N–H and O–H groups in total. The van der Waals surface area contributed by atoms with Crippen molar-refractivity contribution >= 4 is 22.8 Å². The van der Waals surface area contributed by atoms with E-state index in [9.17, 15) is 22.0 Å². The van der Waals surface area contributed by atoms with Crippen LogP contribution in [0.2, 0.25) is 5.02 Å². The molecule has 0 spiro atoms. The van der Waals surface area contributed by atoms with Crippen molar-refractivity contribution in [1.29, 1.82) is 0 Å². The van der Waals surface area contributed by atoms with Crippen molar-refractivity contribution in [2.24, 2.45) is 0 Å². The fourth-order valence-corrected chi connectivity index (χ4v) is 6.00. The number of imidazole rings is 1. The highest BCUT2D eigenvalue weighted by molar-refractivity contribution is 6.30. The summed E-state index contributed by atoms with van der Waals surface area (Å²) >= 11 is 5.82. The maximum atomic E-state index is 14.6. The number of hydrogen-bond acceptors (Lipinski definition) is 8. The van der Waals surface area contributed by atoms with Crippen LogP contribution in [0, 0.1) is 11.6 Å². The van der Waals surface area contributed by atoms with Crippen molar-refractivity contribution in [3.8, 4) is 17.3 Å². The number of nitrogens with one attached hydrogen (secondary N) is 1. The van der Waals surface area contributed by atoms with E-state index in [0.29, 0.717) is 30.9 Å². The van der Waals surface area contributed by atoms with Gasteiger partial charge in [-0.05, 0) is 74.2 Å². The molecule has 246 valence electrons. The van der Waals surface area contributed by atoms with Gasteiger partial charge in [-0.1, -0.05) is 23.7 Å². The van der Waals surface area contributed by atoms with Crippen molar-refractivity contribution in [2.45, 2.75) is 57.2 Å². The van der Waals surface area contributed by atoms with E-state index in [-0.39, 0.29) is 46.5 Å². The maximum Gasteiger partial charge on any atom is 0.451 e. The molecule has 0 bridgehead atoms. The van der Waals surface area contributed by atoms with E-state index in [1.807, 2.05) is 4.57 Å². The molecule has 7 rings (SSSR count). The zero-order valence-corrected chi connectivity index (χ0v) is 25.5. The lowest BCUT2D eigenvalue weighted by Crippen LogP contribution is -2.35. The van der Waals surface area contributed by atoms with Gasteiger partial charge in [-0.15, -0.1) is 20.4 Å². The summed E-state index contributed by atoms with van der Waals surface area (Å²) in [6.07, 6.45) is -2.15. The number of H-pyrrole nitrogens is 1. The van der Waals surface area contributed by atoms with Crippen LogP contribution in [-0.4, -0.2) is 65.6 Å². The van der Waals surface area contributed by atoms with Crippen molar-refractivity contribution in [3.05, 3.63) is 81.9 Å². The molecule has 0 radical (unpaired) electrons. The Labute approximate surface area is 269 Å². The van der Waals surface area contributed by atoms with Gasteiger partial charge in [0, 0.05) is 17.2 Å². The normalized spacial score (nSPS) is 17.7. The quantitative estimate of drug-likeness (QED) is 0.181. The predicted octanol–water partition coefficient (Wildman–Crippen LogP) is 6.31. The summed E-state index contributed by atoms with van der Waals surface area (Å²) in [6.45, 7) is 3.06. The molecule has 0 saturated carbocycles. The molecular formula is C31H28ClF5N8O2. The van der Waals surface area contributed by atoms with Crippen molar-refractivity contribution in [1.82, 2.24) is 39.8 Å². The van der Waals surface area contributed by atoms with Crippen LogP contribution in [0.1, 0.15) is 48.0 Å². The molecule has 5 heterocycles. The monoisotopic (exact) mass is 674 g/mol. The van der Waals surface area contributed by atoms with Gasteiger partial charge in [0.2, 0.25) is 5.82 Å². The molecule has 0 aliphatic carbocycles. The highest BCUT2D eigenvalue weighted by Gasteiger charge is 2.36. The summed E-state index contributed by atoms with van der Waals surface area (Å²) in [5.41, 5.74) is 2.29. The van der Waals surface area contributed by atoms with Gasteiger partial charge in [0.15, 0.2) is 23.0 Å². The minimum atomic E-state index is -4.67. The van der Waals surface area contributed by atoms with Crippen molar-refractivity contribution in [2.75, 3.05) is 19.7 Å². The number of alkyl halides is 3. The molecule has 5 aromatic rings. The van der Waals surface area contributed by atoms with Crippen LogP contribution in [0.25, 0.3) is 22.7 Å². The van der Waals surface area contributed by atoms with E-state index < -0.39 is 23.6 Å². The molecule has 10 nitrogen and oxygen atoms in total. The average molecular weight is 675 g/mol. The smallest absolute Gasteiger partial charge is 0.451 e. The summed E-state index contributed by atoms with van der Waals surface area (Å²) in [6, 6.07) is 10.6. The highest BCUT2D eigenvalue weighted by Crippen LogP contribution is 2.33. The Balaban J connectivity index is 1.04. The summed E-state index contributed by atoms with van der Waals surface area (Å²) in [5.74, 6) is -1.45. The van der Waals surface area contributed by atoms with E-state index in [4.69, 9.17) is 26.1 Å². The predicted molar refractivity (Wildman–Crippen MR) is 159 cm³/mol. The SMILES string of the molecule is Fc1cc(Cl)ccc1COc1cc(C2CCN(Cc3nc4cc(-c5nnc(C(F)(F)F)[nH]5)nnc4n3CC3CCO3)CC2)ccc1F. The Bertz CT molecular complexity index is 1900. The van der Waals surface area contributed by atoms with E-state index in [0.717, 1.165) is 43.7 Å². The zero-order chi connectivity index (χ0) is 32.7. The fraction of sp³-hybridized carbons (Fsp3) is 0.387. The van der Waals surface area contributed by atoms with Gasteiger partial charge in [0.05, 0.1) is 19.2 Å². The standard InChI is InChI=1S/C31H28ClF5N8O2/c32-20-3-1-19(23(34)12-20)16-47-26-11-18(2-4-22(26)33)17-5-8-44(9-6-17)15-27-38-25-13-24(28-39-30(43-41-28)31(35,36)37)40-42-29(25)45(27)14-21-7-10-46-21/h1-4,11-13,17,21H,5-10,14-16H2,(H,39,41,43). The number of ether oxygens (including phenoxy) is 2. The second kappa shape index (κ2) is 12.8. The van der Waals surface area contributed by atoms with Gasteiger partial charge in [0.25, 0.3) is 0 Å². The second-order valence-corrected chi connectivity index (χ2v) is 12.1. The van der Waals surface area contributed by atoms with Crippen LogP contribution in [0.15, 0.2) is 42.5 Å². The average Bonchev–Trinajstić information content (AvgIpc) is 3.65. The third-order valence-corrected chi connectivity index (χ3v) is 8.76. The third-order valence-electron chi connectivity index (χ3n) is 8.53. The van der Waals surface area contributed by atoms with Crippen LogP contribution in [0.5, 0.6) is 5.75 Å². The van der Waals surface area contributed by atoms with Crippen LogP contribution in [0.3, 0.4) is 0 Å². The molecule has 47 heavy (non-hydrogen) atoms. The Morgan fingerprint density at radius 1 is 0.957 bits per heavy atom. The lowest BCUT2D eigenvalue weighted by molar-refractivity contribution is -0.144. The van der Waals surface area contributed by atoms with E-state index in [2.05, 4.69) is 30.3 Å². The van der Waals surface area contributed by atoms with Gasteiger partial charge in [0.1, 0.15) is 29.5 Å². The zero-order valence-electron chi connectivity index (χ0n) is 24.8. The minimum Gasteiger partial charge on any atom is -0.486 e. The molecule has 1 atom stereocenters. The van der Waals surface area contributed by atoms with Crippen LogP contribution in [-0.2, 0) is 30.6 Å². The number of hydrogen-bond donors (Lipinski definition) is 1.